The Hall–Kier alpha value is -1.16. The number of hydrogen-bond acceptors (Lipinski definition) is 3. The van der Waals surface area contributed by atoms with Crippen LogP contribution < -0.4 is 5.32 Å². The van der Waals surface area contributed by atoms with Crippen molar-refractivity contribution in [2.45, 2.75) is 20.0 Å². The maximum absolute atomic E-state index is 3.98. The molecule has 1 heterocycles. The Morgan fingerprint density at radius 3 is 3.25 bits per heavy atom. The summed E-state index contributed by atoms with van der Waals surface area (Å²) >= 11 is 0. The van der Waals surface area contributed by atoms with Gasteiger partial charge >= 0.3 is 0 Å². The molecule has 4 heteroatoms. The molecule has 1 aromatic heterocycles. The molecule has 1 N–H and O–H groups in total. The van der Waals surface area contributed by atoms with Crippen molar-refractivity contribution in [3.05, 3.63) is 24.8 Å². The Morgan fingerprint density at radius 2 is 2.58 bits per heavy atom. The maximum atomic E-state index is 3.98. The SMILES string of the molecule is C=CCNCc1nncn1CC. The average Bonchev–Trinajstić information content (AvgIpc) is 2.52. The van der Waals surface area contributed by atoms with Crippen molar-refractivity contribution in [3.8, 4) is 0 Å². The lowest BCUT2D eigenvalue weighted by Crippen LogP contribution is -2.16. The molecule has 0 bridgehead atoms. The van der Waals surface area contributed by atoms with E-state index in [-0.39, 0.29) is 0 Å². The summed E-state index contributed by atoms with van der Waals surface area (Å²) in [5, 5.41) is 11.0. The molecule has 0 unspecified atom stereocenters. The molecule has 0 saturated heterocycles. The van der Waals surface area contributed by atoms with Crippen LogP contribution in [-0.4, -0.2) is 21.3 Å². The van der Waals surface area contributed by atoms with Gasteiger partial charge in [0.1, 0.15) is 12.2 Å². The molecule has 0 saturated carbocycles. The summed E-state index contributed by atoms with van der Waals surface area (Å²) in [6.45, 7) is 8.15. The molecule has 0 aliphatic carbocycles. The Balaban J connectivity index is 2.44. The van der Waals surface area contributed by atoms with E-state index in [1.165, 1.54) is 0 Å². The predicted molar refractivity (Wildman–Crippen MR) is 47.6 cm³/mol. The van der Waals surface area contributed by atoms with Gasteiger partial charge in [-0.05, 0) is 6.92 Å². The third-order valence-electron chi connectivity index (χ3n) is 1.61. The number of aryl methyl sites for hydroxylation is 1. The molecule has 4 nitrogen and oxygen atoms in total. The Bertz CT molecular complexity index is 241. The molecule has 0 aromatic carbocycles. The summed E-state index contributed by atoms with van der Waals surface area (Å²) in [5.74, 6) is 0.972. The first-order valence-electron chi connectivity index (χ1n) is 4.06. The third-order valence-corrected chi connectivity index (χ3v) is 1.61. The van der Waals surface area contributed by atoms with Gasteiger partial charge in [0, 0.05) is 13.1 Å². The van der Waals surface area contributed by atoms with Gasteiger partial charge in [0.2, 0.25) is 0 Å². The van der Waals surface area contributed by atoms with E-state index in [1.807, 2.05) is 10.6 Å². The lowest BCUT2D eigenvalue weighted by atomic mass is 10.5. The molecular formula is C8H14N4. The van der Waals surface area contributed by atoms with Crippen LogP contribution in [-0.2, 0) is 13.1 Å². The van der Waals surface area contributed by atoms with Crippen LogP contribution in [0.4, 0.5) is 0 Å². The van der Waals surface area contributed by atoms with Crippen molar-refractivity contribution >= 4 is 0 Å². The topological polar surface area (TPSA) is 42.7 Å². The van der Waals surface area contributed by atoms with E-state index < -0.39 is 0 Å². The molecule has 1 rings (SSSR count). The summed E-state index contributed by atoms with van der Waals surface area (Å²) in [6, 6.07) is 0. The van der Waals surface area contributed by atoms with E-state index in [1.54, 1.807) is 6.33 Å². The molecule has 0 atom stereocenters. The van der Waals surface area contributed by atoms with E-state index >= 15 is 0 Å². The number of hydrogen-bond donors (Lipinski definition) is 1. The second-order valence-corrected chi connectivity index (χ2v) is 2.45. The van der Waals surface area contributed by atoms with Crippen LogP contribution in [0.25, 0.3) is 0 Å². The van der Waals surface area contributed by atoms with Crippen LogP contribution in [0.15, 0.2) is 19.0 Å². The number of rotatable bonds is 5. The zero-order chi connectivity index (χ0) is 8.81. The molecule has 0 spiro atoms. The van der Waals surface area contributed by atoms with Gasteiger partial charge in [0.05, 0.1) is 6.54 Å². The second kappa shape index (κ2) is 4.66. The van der Waals surface area contributed by atoms with Crippen LogP contribution in [0, 0.1) is 0 Å². The average molecular weight is 166 g/mol. The number of aromatic nitrogens is 3. The fourth-order valence-corrected chi connectivity index (χ4v) is 0.966. The molecule has 66 valence electrons. The highest BCUT2D eigenvalue weighted by Crippen LogP contribution is 1.93. The van der Waals surface area contributed by atoms with Gasteiger partial charge in [-0.15, -0.1) is 16.8 Å². The Kier molecular flexibility index (Phi) is 3.47. The van der Waals surface area contributed by atoms with Crippen molar-refractivity contribution in [1.29, 1.82) is 0 Å². The minimum absolute atomic E-state index is 0.750. The number of nitrogens with zero attached hydrogens (tertiary/aromatic N) is 3. The molecule has 0 amide bonds. The Morgan fingerprint density at radius 1 is 1.75 bits per heavy atom. The van der Waals surface area contributed by atoms with E-state index in [4.69, 9.17) is 0 Å². The van der Waals surface area contributed by atoms with Crippen molar-refractivity contribution in [3.63, 3.8) is 0 Å². The monoisotopic (exact) mass is 166 g/mol. The highest BCUT2D eigenvalue weighted by atomic mass is 15.3. The summed E-state index contributed by atoms with van der Waals surface area (Å²) in [5.41, 5.74) is 0. The highest BCUT2D eigenvalue weighted by Gasteiger charge is 1.99. The van der Waals surface area contributed by atoms with E-state index in [0.29, 0.717) is 0 Å². The Labute approximate surface area is 72.3 Å². The van der Waals surface area contributed by atoms with Crippen molar-refractivity contribution < 1.29 is 0 Å². The van der Waals surface area contributed by atoms with Crippen molar-refractivity contribution in [2.24, 2.45) is 0 Å². The lowest BCUT2D eigenvalue weighted by Gasteiger charge is -2.02. The molecule has 0 radical (unpaired) electrons. The summed E-state index contributed by atoms with van der Waals surface area (Å²) in [6.07, 6.45) is 3.57. The summed E-state index contributed by atoms with van der Waals surface area (Å²) < 4.78 is 2.01. The quantitative estimate of drug-likeness (QED) is 0.514. The minimum atomic E-state index is 0.750. The molecule has 0 aliphatic rings. The first kappa shape index (κ1) is 8.93. The molecular weight excluding hydrogens is 152 g/mol. The maximum Gasteiger partial charge on any atom is 0.146 e. The number of nitrogens with one attached hydrogen (secondary N) is 1. The lowest BCUT2D eigenvalue weighted by molar-refractivity contribution is 0.640. The van der Waals surface area contributed by atoms with Crippen LogP contribution in [0.2, 0.25) is 0 Å². The van der Waals surface area contributed by atoms with Gasteiger partial charge in [-0.1, -0.05) is 6.08 Å². The van der Waals surface area contributed by atoms with E-state index in [2.05, 4.69) is 29.0 Å². The van der Waals surface area contributed by atoms with Gasteiger partial charge in [0.15, 0.2) is 0 Å². The molecule has 12 heavy (non-hydrogen) atoms. The first-order valence-corrected chi connectivity index (χ1v) is 4.06. The largest absolute Gasteiger partial charge is 0.317 e. The van der Waals surface area contributed by atoms with Crippen LogP contribution in [0.1, 0.15) is 12.7 Å². The zero-order valence-corrected chi connectivity index (χ0v) is 7.32. The third kappa shape index (κ3) is 2.17. The van der Waals surface area contributed by atoms with Gasteiger partial charge in [-0.25, -0.2) is 0 Å². The second-order valence-electron chi connectivity index (χ2n) is 2.45. The van der Waals surface area contributed by atoms with E-state index in [0.717, 1.165) is 25.5 Å². The molecule has 0 aliphatic heterocycles. The first-order chi connectivity index (χ1) is 5.88. The zero-order valence-electron chi connectivity index (χ0n) is 7.32. The van der Waals surface area contributed by atoms with Gasteiger partial charge in [0.25, 0.3) is 0 Å². The van der Waals surface area contributed by atoms with Crippen LogP contribution in [0.5, 0.6) is 0 Å². The van der Waals surface area contributed by atoms with E-state index in [9.17, 15) is 0 Å². The van der Waals surface area contributed by atoms with Crippen molar-refractivity contribution in [1.82, 2.24) is 20.1 Å². The molecule has 0 fully saturated rings. The highest BCUT2D eigenvalue weighted by molar-refractivity contribution is 4.85. The van der Waals surface area contributed by atoms with Crippen LogP contribution in [0.3, 0.4) is 0 Å². The predicted octanol–water partition coefficient (Wildman–Crippen LogP) is 0.574. The molecule has 1 aromatic rings. The summed E-state index contributed by atoms with van der Waals surface area (Å²) in [7, 11) is 0. The van der Waals surface area contributed by atoms with Gasteiger partial charge in [-0.3, -0.25) is 0 Å². The van der Waals surface area contributed by atoms with Crippen molar-refractivity contribution in [2.75, 3.05) is 6.54 Å². The summed E-state index contributed by atoms with van der Waals surface area (Å²) in [4.78, 5) is 0. The minimum Gasteiger partial charge on any atom is -0.317 e. The standard InChI is InChI=1S/C8H14N4/c1-3-5-9-6-8-11-10-7-12(8)4-2/h3,7,9H,1,4-6H2,2H3. The normalized spacial score (nSPS) is 10.1. The smallest absolute Gasteiger partial charge is 0.146 e. The van der Waals surface area contributed by atoms with Gasteiger partial charge < -0.3 is 9.88 Å². The fourth-order valence-electron chi connectivity index (χ4n) is 0.966. The van der Waals surface area contributed by atoms with Crippen LogP contribution >= 0.6 is 0 Å². The fraction of sp³-hybridized carbons (Fsp3) is 0.500. The van der Waals surface area contributed by atoms with Gasteiger partial charge in [-0.2, -0.15) is 0 Å².